The number of hydrogen-bond acceptors (Lipinski definition) is 5. The minimum atomic E-state index is -0.250. The van der Waals surface area contributed by atoms with Crippen molar-refractivity contribution in [3.05, 3.63) is 33.7 Å². The SMILES string of the molecule is CCCc1nn(CC(=O)NCCOC)c(=O)c2cc3ccsc3n12. The third kappa shape index (κ3) is 3.07. The molecule has 0 bridgehead atoms. The van der Waals surface area contributed by atoms with E-state index in [4.69, 9.17) is 4.74 Å². The van der Waals surface area contributed by atoms with Gasteiger partial charge in [0.2, 0.25) is 5.91 Å². The fourth-order valence-electron chi connectivity index (χ4n) is 2.68. The summed E-state index contributed by atoms with van der Waals surface area (Å²) in [6.45, 7) is 2.82. The number of rotatable bonds is 7. The van der Waals surface area contributed by atoms with Crippen molar-refractivity contribution < 1.29 is 9.53 Å². The minimum Gasteiger partial charge on any atom is -0.383 e. The van der Waals surface area contributed by atoms with Crippen LogP contribution < -0.4 is 10.9 Å². The highest BCUT2D eigenvalue weighted by Gasteiger charge is 2.16. The van der Waals surface area contributed by atoms with Crippen LogP contribution in [0.3, 0.4) is 0 Å². The maximum atomic E-state index is 12.7. The second-order valence-corrected chi connectivity index (χ2v) is 6.41. The molecule has 0 unspecified atom stereocenters. The number of fused-ring (bicyclic) bond motifs is 3. The van der Waals surface area contributed by atoms with Gasteiger partial charge in [-0.05, 0) is 23.9 Å². The first-order chi connectivity index (χ1) is 11.7. The molecule has 0 saturated carbocycles. The topological polar surface area (TPSA) is 77.6 Å². The van der Waals surface area contributed by atoms with Crippen LogP contribution in [0.4, 0.5) is 0 Å². The summed E-state index contributed by atoms with van der Waals surface area (Å²) in [5.74, 6) is 0.552. The second kappa shape index (κ2) is 7.14. The zero-order valence-electron chi connectivity index (χ0n) is 13.7. The second-order valence-electron chi connectivity index (χ2n) is 5.52. The number of aromatic nitrogens is 3. The Balaban J connectivity index is 2.01. The molecule has 0 aliphatic heterocycles. The Morgan fingerprint density at radius 1 is 1.46 bits per heavy atom. The number of aryl methyl sites for hydroxylation is 1. The van der Waals surface area contributed by atoms with Crippen LogP contribution in [0.5, 0.6) is 0 Å². The van der Waals surface area contributed by atoms with E-state index in [1.165, 1.54) is 4.68 Å². The van der Waals surface area contributed by atoms with Crippen molar-refractivity contribution in [1.29, 1.82) is 0 Å². The van der Waals surface area contributed by atoms with Gasteiger partial charge in [0.05, 0.1) is 6.61 Å². The normalized spacial score (nSPS) is 11.4. The van der Waals surface area contributed by atoms with Crippen molar-refractivity contribution in [1.82, 2.24) is 19.5 Å². The van der Waals surface area contributed by atoms with Crippen molar-refractivity contribution in [2.24, 2.45) is 0 Å². The Labute approximate surface area is 142 Å². The molecular weight excluding hydrogens is 328 g/mol. The predicted molar refractivity (Wildman–Crippen MR) is 93.7 cm³/mol. The van der Waals surface area contributed by atoms with Gasteiger partial charge >= 0.3 is 0 Å². The van der Waals surface area contributed by atoms with Gasteiger partial charge in [-0.2, -0.15) is 5.10 Å². The minimum absolute atomic E-state index is 0.0887. The molecule has 24 heavy (non-hydrogen) atoms. The molecule has 3 aromatic heterocycles. The highest BCUT2D eigenvalue weighted by Crippen LogP contribution is 2.24. The number of methoxy groups -OCH3 is 1. The van der Waals surface area contributed by atoms with E-state index in [0.717, 1.165) is 28.9 Å². The zero-order valence-corrected chi connectivity index (χ0v) is 14.6. The number of carbonyl (C=O) groups excluding carboxylic acids is 1. The van der Waals surface area contributed by atoms with Gasteiger partial charge in [0.1, 0.15) is 22.7 Å². The van der Waals surface area contributed by atoms with Crippen molar-refractivity contribution in [3.8, 4) is 0 Å². The van der Waals surface area contributed by atoms with E-state index in [9.17, 15) is 9.59 Å². The van der Waals surface area contributed by atoms with Crippen LogP contribution in [0, 0.1) is 0 Å². The first-order valence-corrected chi connectivity index (χ1v) is 8.78. The molecule has 0 aliphatic rings. The van der Waals surface area contributed by atoms with Crippen LogP contribution in [0.15, 0.2) is 22.3 Å². The van der Waals surface area contributed by atoms with E-state index >= 15 is 0 Å². The van der Waals surface area contributed by atoms with Gasteiger partial charge in [-0.25, -0.2) is 4.68 Å². The highest BCUT2D eigenvalue weighted by molar-refractivity contribution is 7.16. The average Bonchev–Trinajstić information content (AvgIpc) is 3.13. The fourth-order valence-corrected chi connectivity index (χ4v) is 3.59. The monoisotopic (exact) mass is 348 g/mol. The van der Waals surface area contributed by atoms with Gasteiger partial charge in [-0.3, -0.25) is 14.0 Å². The lowest BCUT2D eigenvalue weighted by atomic mass is 10.3. The van der Waals surface area contributed by atoms with Crippen molar-refractivity contribution in [2.75, 3.05) is 20.3 Å². The Bertz CT molecular complexity index is 925. The molecule has 0 fully saturated rings. The van der Waals surface area contributed by atoms with Crippen molar-refractivity contribution in [3.63, 3.8) is 0 Å². The van der Waals surface area contributed by atoms with Gasteiger partial charge in [0, 0.05) is 25.5 Å². The van der Waals surface area contributed by atoms with Gasteiger partial charge < -0.3 is 10.1 Å². The summed E-state index contributed by atoms with van der Waals surface area (Å²) in [5, 5.41) is 10.2. The number of thiophene rings is 1. The molecule has 0 aromatic carbocycles. The quantitative estimate of drug-likeness (QED) is 0.655. The summed E-state index contributed by atoms with van der Waals surface area (Å²) in [5.41, 5.74) is 0.320. The Kier molecular flexibility index (Phi) is 4.96. The van der Waals surface area contributed by atoms with E-state index in [1.807, 2.05) is 21.9 Å². The lowest BCUT2D eigenvalue weighted by molar-refractivity contribution is -0.122. The van der Waals surface area contributed by atoms with Crippen molar-refractivity contribution in [2.45, 2.75) is 26.3 Å². The van der Waals surface area contributed by atoms with Crippen LogP contribution in [0.2, 0.25) is 0 Å². The van der Waals surface area contributed by atoms with E-state index in [-0.39, 0.29) is 18.0 Å². The highest BCUT2D eigenvalue weighted by atomic mass is 32.1. The summed E-state index contributed by atoms with van der Waals surface area (Å²) in [6.07, 6.45) is 1.65. The Hall–Kier alpha value is -2.19. The predicted octanol–water partition coefficient (Wildman–Crippen LogP) is 1.43. The number of hydrogen-bond donors (Lipinski definition) is 1. The van der Waals surface area contributed by atoms with Crippen LogP contribution in [-0.4, -0.2) is 40.3 Å². The van der Waals surface area contributed by atoms with Crippen LogP contribution in [0.1, 0.15) is 19.2 Å². The smallest absolute Gasteiger partial charge is 0.291 e. The van der Waals surface area contributed by atoms with E-state index in [1.54, 1.807) is 18.4 Å². The summed E-state index contributed by atoms with van der Waals surface area (Å²) in [4.78, 5) is 25.7. The summed E-state index contributed by atoms with van der Waals surface area (Å²) in [7, 11) is 1.57. The van der Waals surface area contributed by atoms with Gasteiger partial charge in [-0.1, -0.05) is 6.92 Å². The molecule has 0 saturated heterocycles. The third-order valence-corrected chi connectivity index (χ3v) is 4.67. The molecule has 3 heterocycles. The van der Waals surface area contributed by atoms with E-state index < -0.39 is 0 Å². The maximum Gasteiger partial charge on any atom is 0.291 e. The van der Waals surface area contributed by atoms with Crippen molar-refractivity contribution >= 4 is 33.0 Å². The largest absolute Gasteiger partial charge is 0.383 e. The number of amides is 1. The summed E-state index contributed by atoms with van der Waals surface area (Å²) >= 11 is 1.59. The fraction of sp³-hybridized carbons (Fsp3) is 0.438. The molecule has 0 aliphatic carbocycles. The first-order valence-electron chi connectivity index (χ1n) is 7.90. The molecule has 0 radical (unpaired) electrons. The molecule has 3 rings (SSSR count). The standard InChI is InChI=1S/C16H20N4O3S/c1-3-4-13-18-19(10-14(21)17-6-7-23-2)15(22)12-9-11-5-8-24-16(11)20(12)13/h5,8-9H,3-4,6-7,10H2,1-2H3,(H,17,21). The molecule has 1 N–H and O–H groups in total. The molecular formula is C16H20N4O3S. The number of ether oxygens (including phenoxy) is 1. The van der Waals surface area contributed by atoms with E-state index in [2.05, 4.69) is 17.3 Å². The number of nitrogens with one attached hydrogen (secondary N) is 1. The molecule has 0 atom stereocenters. The first kappa shape index (κ1) is 16.7. The number of carbonyl (C=O) groups is 1. The lowest BCUT2D eigenvalue weighted by Crippen LogP contribution is -2.36. The van der Waals surface area contributed by atoms with Crippen LogP contribution in [-0.2, 0) is 22.5 Å². The molecule has 0 spiro atoms. The van der Waals surface area contributed by atoms with E-state index in [0.29, 0.717) is 18.7 Å². The molecule has 7 nitrogen and oxygen atoms in total. The van der Waals surface area contributed by atoms with Gasteiger partial charge in [0.25, 0.3) is 5.56 Å². The Morgan fingerprint density at radius 2 is 2.29 bits per heavy atom. The Morgan fingerprint density at radius 3 is 3.04 bits per heavy atom. The maximum absolute atomic E-state index is 12.7. The molecule has 8 heteroatoms. The van der Waals surface area contributed by atoms with Gasteiger partial charge in [-0.15, -0.1) is 11.3 Å². The van der Waals surface area contributed by atoms with Crippen LogP contribution >= 0.6 is 11.3 Å². The average molecular weight is 348 g/mol. The third-order valence-electron chi connectivity index (χ3n) is 3.75. The van der Waals surface area contributed by atoms with Gasteiger partial charge in [0.15, 0.2) is 0 Å². The number of nitrogens with zero attached hydrogens (tertiary/aromatic N) is 3. The zero-order chi connectivity index (χ0) is 17.1. The molecule has 1 amide bonds. The lowest BCUT2D eigenvalue weighted by Gasteiger charge is -2.10. The summed E-state index contributed by atoms with van der Waals surface area (Å²) < 4.78 is 8.08. The summed E-state index contributed by atoms with van der Waals surface area (Å²) in [6, 6.07) is 3.86. The molecule has 128 valence electrons. The van der Waals surface area contributed by atoms with Crippen LogP contribution in [0.25, 0.3) is 15.7 Å². The molecule has 3 aromatic rings.